The first kappa shape index (κ1) is 17.3. The molecule has 8 heteroatoms. The summed E-state index contributed by atoms with van der Waals surface area (Å²) in [5, 5.41) is 4.66. The number of nitrogens with one attached hydrogen (secondary N) is 2. The molecule has 2 N–H and O–H groups in total. The summed E-state index contributed by atoms with van der Waals surface area (Å²) in [6.07, 6.45) is -2.03. The molecule has 0 bridgehead atoms. The molecule has 1 atom stereocenters. The van der Waals surface area contributed by atoms with Gasteiger partial charge in [-0.2, -0.15) is 13.2 Å². The lowest BCUT2D eigenvalue weighted by Gasteiger charge is -2.28. The highest BCUT2D eigenvalue weighted by Gasteiger charge is 2.55. The Bertz CT molecular complexity index is 686. The molecule has 0 radical (unpaired) electrons. The molecule has 0 spiro atoms. The highest BCUT2D eigenvalue weighted by molar-refractivity contribution is 9.10. The maximum Gasteiger partial charge on any atom is 0.471 e. The second-order valence-electron chi connectivity index (χ2n) is 6.30. The Hall–Kier alpha value is -1.57. The number of carbonyl (C=O) groups excluding carboxylic acids is 2. The third-order valence-electron chi connectivity index (χ3n) is 4.52. The van der Waals surface area contributed by atoms with Gasteiger partial charge in [-0.05, 0) is 55.4 Å². The van der Waals surface area contributed by atoms with Crippen molar-refractivity contribution in [3.05, 3.63) is 33.8 Å². The second-order valence-corrected chi connectivity index (χ2v) is 7.21. The Morgan fingerprint density at radius 1 is 1.25 bits per heavy atom. The van der Waals surface area contributed by atoms with E-state index >= 15 is 0 Å². The van der Waals surface area contributed by atoms with Gasteiger partial charge in [0.05, 0.1) is 6.04 Å². The summed E-state index contributed by atoms with van der Waals surface area (Å²) in [5.41, 5.74) is 0.681. The Balaban J connectivity index is 1.71. The largest absolute Gasteiger partial charge is 0.471 e. The van der Waals surface area contributed by atoms with Crippen LogP contribution in [0.2, 0.25) is 0 Å². The first-order chi connectivity index (χ1) is 11.2. The van der Waals surface area contributed by atoms with Crippen LogP contribution in [0.5, 0.6) is 0 Å². The highest BCUT2D eigenvalue weighted by Crippen LogP contribution is 2.39. The predicted octanol–water partition coefficient (Wildman–Crippen LogP) is 3.15. The van der Waals surface area contributed by atoms with Gasteiger partial charge in [0.15, 0.2) is 0 Å². The van der Waals surface area contributed by atoms with Crippen molar-refractivity contribution in [1.29, 1.82) is 0 Å². The number of carbonyl (C=O) groups is 2. The van der Waals surface area contributed by atoms with Gasteiger partial charge in [-0.25, -0.2) is 0 Å². The van der Waals surface area contributed by atoms with Gasteiger partial charge in [-0.1, -0.05) is 22.0 Å². The molecular weight excluding hydrogens is 389 g/mol. The normalized spacial score (nSPS) is 21.6. The van der Waals surface area contributed by atoms with E-state index < -0.39 is 23.5 Å². The third kappa shape index (κ3) is 3.43. The van der Waals surface area contributed by atoms with E-state index in [1.807, 2.05) is 23.5 Å². The van der Waals surface area contributed by atoms with Crippen molar-refractivity contribution in [1.82, 2.24) is 10.6 Å². The molecule has 1 aromatic rings. The van der Waals surface area contributed by atoms with Crippen LogP contribution in [0, 0.1) is 0 Å². The van der Waals surface area contributed by atoms with Crippen LogP contribution in [0.1, 0.15) is 42.9 Å². The number of hydrogen-bond acceptors (Lipinski definition) is 2. The van der Waals surface area contributed by atoms with E-state index in [1.165, 1.54) is 0 Å². The zero-order valence-corrected chi connectivity index (χ0v) is 14.3. The molecule has 0 heterocycles. The van der Waals surface area contributed by atoms with Crippen molar-refractivity contribution in [3.8, 4) is 0 Å². The lowest BCUT2D eigenvalue weighted by Crippen LogP contribution is -2.53. The maximum absolute atomic E-state index is 12.4. The molecule has 0 saturated heterocycles. The average molecular weight is 405 g/mol. The predicted molar refractivity (Wildman–Crippen MR) is 84.1 cm³/mol. The number of benzene rings is 1. The molecule has 4 nitrogen and oxygen atoms in total. The van der Waals surface area contributed by atoms with E-state index in [0.717, 1.165) is 34.9 Å². The number of rotatable bonds is 3. The number of fused-ring (bicyclic) bond motifs is 1. The quantitative estimate of drug-likeness (QED) is 0.812. The summed E-state index contributed by atoms with van der Waals surface area (Å²) in [4.78, 5) is 23.6. The highest BCUT2D eigenvalue weighted by atomic mass is 79.9. The van der Waals surface area contributed by atoms with E-state index in [0.29, 0.717) is 0 Å². The first-order valence-electron chi connectivity index (χ1n) is 7.70. The molecular formula is C16H16BrF3N2O2. The van der Waals surface area contributed by atoms with E-state index in [9.17, 15) is 22.8 Å². The van der Waals surface area contributed by atoms with Crippen molar-refractivity contribution >= 4 is 27.7 Å². The third-order valence-corrected chi connectivity index (χ3v) is 5.01. The van der Waals surface area contributed by atoms with E-state index in [-0.39, 0.29) is 18.9 Å². The van der Waals surface area contributed by atoms with Crippen molar-refractivity contribution in [2.45, 2.75) is 49.9 Å². The SMILES string of the molecule is O=C(NC1(C(=O)NC2CCCc3cc(Br)ccc32)CC1)C(F)(F)F. The van der Waals surface area contributed by atoms with Crippen LogP contribution < -0.4 is 10.6 Å². The van der Waals surface area contributed by atoms with Crippen molar-refractivity contribution in [2.24, 2.45) is 0 Å². The molecule has 2 aliphatic rings. The smallest absolute Gasteiger partial charge is 0.347 e. The average Bonchev–Trinajstić information content (AvgIpc) is 3.27. The van der Waals surface area contributed by atoms with Crippen molar-refractivity contribution in [3.63, 3.8) is 0 Å². The molecule has 0 aromatic heterocycles. The van der Waals surface area contributed by atoms with Crippen molar-refractivity contribution in [2.75, 3.05) is 0 Å². The van der Waals surface area contributed by atoms with Crippen molar-refractivity contribution < 1.29 is 22.8 Å². The molecule has 1 unspecified atom stereocenters. The van der Waals surface area contributed by atoms with Crippen LogP contribution >= 0.6 is 15.9 Å². The van der Waals surface area contributed by atoms with Crippen LogP contribution in [0.4, 0.5) is 13.2 Å². The van der Waals surface area contributed by atoms with E-state index in [1.54, 1.807) is 0 Å². The fourth-order valence-corrected chi connectivity index (χ4v) is 3.46. The minimum Gasteiger partial charge on any atom is -0.347 e. The Labute approximate surface area is 145 Å². The summed E-state index contributed by atoms with van der Waals surface area (Å²) < 4.78 is 38.2. The molecule has 1 aromatic carbocycles. The minimum atomic E-state index is -4.99. The number of alkyl halides is 3. The van der Waals surface area contributed by atoms with Gasteiger partial charge in [-0.15, -0.1) is 0 Å². The topological polar surface area (TPSA) is 58.2 Å². The molecule has 1 saturated carbocycles. The summed E-state index contributed by atoms with van der Waals surface area (Å²) in [5.74, 6) is -2.61. The van der Waals surface area contributed by atoms with Gasteiger partial charge in [0, 0.05) is 4.47 Å². The number of halogens is 4. The zero-order valence-electron chi connectivity index (χ0n) is 12.7. The van der Waals surface area contributed by atoms with Gasteiger partial charge >= 0.3 is 12.1 Å². The maximum atomic E-state index is 12.4. The molecule has 0 aliphatic heterocycles. The summed E-state index contributed by atoms with van der Waals surface area (Å²) >= 11 is 3.41. The lowest BCUT2D eigenvalue weighted by atomic mass is 9.87. The standard InChI is InChI=1S/C16H16BrF3N2O2/c17-10-4-5-11-9(8-10)2-1-3-12(11)21-13(23)15(6-7-15)22-14(24)16(18,19)20/h4-5,8,12H,1-3,6-7H2,(H,21,23)(H,22,24). The van der Waals surface area contributed by atoms with Gasteiger partial charge < -0.3 is 10.6 Å². The molecule has 2 aliphatic carbocycles. The van der Waals surface area contributed by atoms with Crippen LogP contribution in [-0.4, -0.2) is 23.5 Å². The fourth-order valence-electron chi connectivity index (χ4n) is 3.05. The summed E-state index contributed by atoms with van der Waals surface area (Å²) in [6, 6.07) is 5.54. The molecule has 130 valence electrons. The Morgan fingerprint density at radius 2 is 1.96 bits per heavy atom. The summed E-state index contributed by atoms with van der Waals surface area (Å²) in [7, 11) is 0. The second kappa shape index (κ2) is 6.06. The van der Waals surface area contributed by atoms with Gasteiger partial charge in [0.1, 0.15) is 5.54 Å². The van der Waals surface area contributed by atoms with Crippen LogP contribution in [-0.2, 0) is 16.0 Å². The summed E-state index contributed by atoms with van der Waals surface area (Å²) in [6.45, 7) is 0. The van der Waals surface area contributed by atoms with Gasteiger partial charge in [0.25, 0.3) is 0 Å². The Kier molecular flexibility index (Phi) is 4.36. The monoisotopic (exact) mass is 404 g/mol. The van der Waals surface area contributed by atoms with E-state index in [2.05, 4.69) is 21.2 Å². The lowest BCUT2D eigenvalue weighted by molar-refractivity contribution is -0.175. The fraction of sp³-hybridized carbons (Fsp3) is 0.500. The molecule has 24 heavy (non-hydrogen) atoms. The molecule has 3 rings (SSSR count). The number of hydrogen-bond donors (Lipinski definition) is 2. The molecule has 2 amide bonds. The van der Waals surface area contributed by atoms with Crippen LogP contribution in [0.25, 0.3) is 0 Å². The van der Waals surface area contributed by atoms with Gasteiger partial charge in [0.2, 0.25) is 5.91 Å². The van der Waals surface area contributed by atoms with Crippen LogP contribution in [0.15, 0.2) is 22.7 Å². The van der Waals surface area contributed by atoms with Crippen LogP contribution in [0.3, 0.4) is 0 Å². The number of amides is 2. The minimum absolute atomic E-state index is 0.223. The number of aryl methyl sites for hydroxylation is 1. The van der Waals surface area contributed by atoms with E-state index in [4.69, 9.17) is 0 Å². The first-order valence-corrected chi connectivity index (χ1v) is 8.49. The molecule has 1 fully saturated rings. The van der Waals surface area contributed by atoms with Gasteiger partial charge in [-0.3, -0.25) is 9.59 Å². The Morgan fingerprint density at radius 3 is 2.58 bits per heavy atom. The zero-order chi connectivity index (χ0) is 17.5.